The highest BCUT2D eigenvalue weighted by Gasteiger charge is 2.24. The number of rotatable bonds is 4. The van der Waals surface area contributed by atoms with Crippen LogP contribution in [-0.4, -0.2) is 13.1 Å². The molecule has 1 aliphatic rings. The van der Waals surface area contributed by atoms with Gasteiger partial charge in [0, 0.05) is 0 Å². The first-order chi connectivity index (χ1) is 7.85. The van der Waals surface area contributed by atoms with E-state index in [2.05, 4.69) is 43.4 Å². The Hall–Kier alpha value is -0.820. The van der Waals surface area contributed by atoms with Crippen molar-refractivity contribution in [1.82, 2.24) is 5.32 Å². The van der Waals surface area contributed by atoms with Gasteiger partial charge in [-0.05, 0) is 55.3 Å². The first-order valence-electron chi connectivity index (χ1n) is 6.64. The van der Waals surface area contributed by atoms with Crippen molar-refractivity contribution in [2.45, 2.75) is 39.0 Å². The quantitative estimate of drug-likeness (QED) is 0.815. The van der Waals surface area contributed by atoms with E-state index in [1.54, 1.807) is 0 Å². The van der Waals surface area contributed by atoms with Crippen molar-refractivity contribution >= 4 is 0 Å². The van der Waals surface area contributed by atoms with Crippen molar-refractivity contribution in [1.29, 1.82) is 0 Å². The predicted octanol–water partition coefficient (Wildman–Crippen LogP) is 3.35. The lowest BCUT2D eigenvalue weighted by molar-refractivity contribution is 0.446. The summed E-state index contributed by atoms with van der Waals surface area (Å²) < 4.78 is 0. The second kappa shape index (κ2) is 5.49. The van der Waals surface area contributed by atoms with Gasteiger partial charge in [0.2, 0.25) is 0 Å². The van der Waals surface area contributed by atoms with Crippen LogP contribution in [0.1, 0.15) is 43.7 Å². The van der Waals surface area contributed by atoms with E-state index in [1.807, 2.05) is 0 Å². The lowest BCUT2D eigenvalue weighted by Gasteiger charge is -2.22. The normalized spacial score (nSPS) is 22.2. The number of aryl methyl sites for hydroxylation is 1. The van der Waals surface area contributed by atoms with Crippen LogP contribution in [-0.2, 0) is 6.42 Å². The van der Waals surface area contributed by atoms with Gasteiger partial charge in [-0.25, -0.2) is 0 Å². The average molecular weight is 217 g/mol. The monoisotopic (exact) mass is 217 g/mol. The molecule has 88 valence electrons. The van der Waals surface area contributed by atoms with Crippen LogP contribution in [0, 0.1) is 5.92 Å². The van der Waals surface area contributed by atoms with Gasteiger partial charge >= 0.3 is 0 Å². The molecule has 1 heterocycles. The Labute approximate surface area is 99.3 Å². The second-order valence-corrected chi connectivity index (χ2v) is 4.86. The molecule has 1 heteroatoms. The molecule has 0 bridgehead atoms. The Bertz CT molecular complexity index is 309. The van der Waals surface area contributed by atoms with Crippen LogP contribution in [0.2, 0.25) is 0 Å². The standard InChI is InChI=1S/C15H23N/c1-3-12-5-7-13(8-6-12)15(4-2)14-9-10-16-11-14/h5-8,14-16H,3-4,9-11H2,1-2H3. The highest BCUT2D eigenvalue weighted by atomic mass is 14.9. The summed E-state index contributed by atoms with van der Waals surface area (Å²) in [7, 11) is 0. The molecule has 0 aliphatic carbocycles. The first kappa shape index (κ1) is 11.7. The van der Waals surface area contributed by atoms with Gasteiger partial charge in [-0.2, -0.15) is 0 Å². The average Bonchev–Trinajstić information content (AvgIpc) is 2.85. The Morgan fingerprint density at radius 1 is 1.25 bits per heavy atom. The van der Waals surface area contributed by atoms with E-state index in [9.17, 15) is 0 Å². The summed E-state index contributed by atoms with van der Waals surface area (Å²) in [6, 6.07) is 9.26. The van der Waals surface area contributed by atoms with E-state index >= 15 is 0 Å². The largest absolute Gasteiger partial charge is 0.316 e. The summed E-state index contributed by atoms with van der Waals surface area (Å²) in [5.41, 5.74) is 2.98. The lowest BCUT2D eigenvalue weighted by Crippen LogP contribution is -2.16. The number of hydrogen-bond acceptors (Lipinski definition) is 1. The van der Waals surface area contributed by atoms with Crippen LogP contribution in [0.4, 0.5) is 0 Å². The van der Waals surface area contributed by atoms with Gasteiger partial charge < -0.3 is 5.32 Å². The van der Waals surface area contributed by atoms with Gasteiger partial charge in [-0.1, -0.05) is 38.1 Å². The van der Waals surface area contributed by atoms with Crippen LogP contribution < -0.4 is 5.32 Å². The molecule has 16 heavy (non-hydrogen) atoms. The third-order valence-electron chi connectivity index (χ3n) is 3.92. The highest BCUT2D eigenvalue weighted by Crippen LogP contribution is 2.31. The van der Waals surface area contributed by atoms with E-state index in [-0.39, 0.29) is 0 Å². The number of benzene rings is 1. The maximum Gasteiger partial charge on any atom is -0.00142 e. The molecule has 1 fully saturated rings. The van der Waals surface area contributed by atoms with E-state index in [4.69, 9.17) is 0 Å². The highest BCUT2D eigenvalue weighted by molar-refractivity contribution is 5.26. The third kappa shape index (κ3) is 2.46. The van der Waals surface area contributed by atoms with Crippen LogP contribution in [0.5, 0.6) is 0 Å². The molecule has 0 radical (unpaired) electrons. The minimum atomic E-state index is 0.751. The Morgan fingerprint density at radius 2 is 2.00 bits per heavy atom. The molecular formula is C15H23N. The fourth-order valence-electron chi connectivity index (χ4n) is 2.86. The van der Waals surface area contributed by atoms with Gasteiger partial charge in [0.1, 0.15) is 0 Å². The van der Waals surface area contributed by atoms with E-state index in [0.29, 0.717) is 0 Å². The van der Waals surface area contributed by atoms with Crippen LogP contribution in [0.3, 0.4) is 0 Å². The SMILES string of the molecule is CCc1ccc(C(CC)C2CCNC2)cc1. The second-order valence-electron chi connectivity index (χ2n) is 4.86. The molecule has 1 saturated heterocycles. The van der Waals surface area contributed by atoms with Gasteiger partial charge in [0.25, 0.3) is 0 Å². The topological polar surface area (TPSA) is 12.0 Å². The first-order valence-corrected chi connectivity index (χ1v) is 6.64. The Morgan fingerprint density at radius 3 is 2.50 bits per heavy atom. The summed E-state index contributed by atoms with van der Waals surface area (Å²) >= 11 is 0. The molecule has 2 rings (SSSR count). The molecular weight excluding hydrogens is 194 g/mol. The molecule has 0 aromatic heterocycles. The third-order valence-corrected chi connectivity index (χ3v) is 3.92. The molecule has 1 aromatic rings. The minimum Gasteiger partial charge on any atom is -0.316 e. The summed E-state index contributed by atoms with van der Waals surface area (Å²) in [5, 5.41) is 3.48. The molecule has 1 nitrogen and oxygen atoms in total. The molecule has 1 aliphatic heterocycles. The maximum absolute atomic E-state index is 3.48. The Kier molecular flexibility index (Phi) is 4.00. The van der Waals surface area contributed by atoms with Crippen molar-refractivity contribution in [3.63, 3.8) is 0 Å². The molecule has 0 spiro atoms. The van der Waals surface area contributed by atoms with Crippen molar-refractivity contribution in [2.24, 2.45) is 5.92 Å². The molecule has 2 atom stereocenters. The summed E-state index contributed by atoms with van der Waals surface area (Å²) in [5.74, 6) is 1.60. The maximum atomic E-state index is 3.48. The summed E-state index contributed by atoms with van der Waals surface area (Å²) in [4.78, 5) is 0. The lowest BCUT2D eigenvalue weighted by atomic mass is 9.83. The predicted molar refractivity (Wildman–Crippen MR) is 69.8 cm³/mol. The zero-order valence-electron chi connectivity index (χ0n) is 10.5. The van der Waals surface area contributed by atoms with Crippen molar-refractivity contribution in [3.05, 3.63) is 35.4 Å². The summed E-state index contributed by atoms with van der Waals surface area (Å²) in [6.45, 7) is 6.94. The van der Waals surface area contributed by atoms with Crippen molar-refractivity contribution in [3.8, 4) is 0 Å². The zero-order chi connectivity index (χ0) is 11.4. The zero-order valence-corrected chi connectivity index (χ0v) is 10.5. The van der Waals surface area contributed by atoms with Gasteiger partial charge in [0.15, 0.2) is 0 Å². The molecule has 1 aromatic carbocycles. The minimum absolute atomic E-state index is 0.751. The summed E-state index contributed by atoms with van der Waals surface area (Å²) in [6.07, 6.45) is 3.74. The van der Waals surface area contributed by atoms with E-state index < -0.39 is 0 Å². The molecule has 0 saturated carbocycles. The van der Waals surface area contributed by atoms with Crippen LogP contribution in [0.15, 0.2) is 24.3 Å². The smallest absolute Gasteiger partial charge is 0.00142 e. The molecule has 0 amide bonds. The van der Waals surface area contributed by atoms with E-state index in [1.165, 1.54) is 37.1 Å². The fraction of sp³-hybridized carbons (Fsp3) is 0.600. The number of nitrogens with one attached hydrogen (secondary N) is 1. The number of hydrogen-bond donors (Lipinski definition) is 1. The Balaban J connectivity index is 2.12. The van der Waals surface area contributed by atoms with Gasteiger partial charge in [-0.3, -0.25) is 0 Å². The molecule has 1 N–H and O–H groups in total. The van der Waals surface area contributed by atoms with Crippen molar-refractivity contribution < 1.29 is 0 Å². The van der Waals surface area contributed by atoms with Crippen LogP contribution >= 0.6 is 0 Å². The fourth-order valence-corrected chi connectivity index (χ4v) is 2.86. The van der Waals surface area contributed by atoms with E-state index in [0.717, 1.165) is 18.3 Å². The van der Waals surface area contributed by atoms with Crippen molar-refractivity contribution in [2.75, 3.05) is 13.1 Å². The van der Waals surface area contributed by atoms with Gasteiger partial charge in [-0.15, -0.1) is 0 Å². The van der Waals surface area contributed by atoms with Crippen LogP contribution in [0.25, 0.3) is 0 Å². The van der Waals surface area contributed by atoms with Gasteiger partial charge in [0.05, 0.1) is 0 Å². The molecule has 2 unspecified atom stereocenters.